The molecule has 0 spiro atoms. The van der Waals surface area contributed by atoms with Gasteiger partial charge in [-0.3, -0.25) is 0 Å². The summed E-state index contributed by atoms with van der Waals surface area (Å²) < 4.78 is 1.97. The van der Waals surface area contributed by atoms with Gasteiger partial charge in [0.05, 0.1) is 5.69 Å². The fraction of sp³-hybridized carbons (Fsp3) is 0.182. The van der Waals surface area contributed by atoms with Gasteiger partial charge in [0.1, 0.15) is 0 Å². The molecule has 0 atom stereocenters. The van der Waals surface area contributed by atoms with Crippen molar-refractivity contribution in [2.75, 3.05) is 5.32 Å². The van der Waals surface area contributed by atoms with Crippen molar-refractivity contribution in [1.29, 1.82) is 0 Å². The molecule has 0 saturated heterocycles. The van der Waals surface area contributed by atoms with Gasteiger partial charge in [0, 0.05) is 18.9 Å². The van der Waals surface area contributed by atoms with Crippen LogP contribution in [0.1, 0.15) is 5.69 Å². The summed E-state index contributed by atoms with van der Waals surface area (Å²) in [5, 5.41) is 3.24. The van der Waals surface area contributed by atoms with E-state index in [1.165, 1.54) is 0 Å². The molecule has 72 valence electrons. The quantitative estimate of drug-likeness (QED) is 0.782. The number of benzene rings is 1. The van der Waals surface area contributed by atoms with Crippen molar-refractivity contribution < 1.29 is 0 Å². The fourth-order valence-electron chi connectivity index (χ4n) is 1.38. The summed E-state index contributed by atoms with van der Waals surface area (Å²) >= 11 is 0. The Bertz CT molecular complexity index is 417. The Kier molecular flexibility index (Phi) is 2.23. The van der Waals surface area contributed by atoms with Crippen molar-refractivity contribution in [3.05, 3.63) is 42.2 Å². The highest BCUT2D eigenvalue weighted by atomic mass is 15.2. The Labute approximate surface area is 83.4 Å². The molecule has 2 rings (SSSR count). The van der Waals surface area contributed by atoms with Crippen LogP contribution in [0, 0.1) is 6.92 Å². The van der Waals surface area contributed by atoms with Crippen molar-refractivity contribution >= 4 is 11.6 Å². The number of hydrogen-bond donors (Lipinski definition) is 1. The lowest BCUT2D eigenvalue weighted by atomic mass is 10.3. The maximum atomic E-state index is 4.36. The second-order valence-corrected chi connectivity index (χ2v) is 3.31. The summed E-state index contributed by atoms with van der Waals surface area (Å²) in [6.45, 7) is 1.98. The van der Waals surface area contributed by atoms with Crippen LogP contribution in [0.5, 0.6) is 0 Å². The van der Waals surface area contributed by atoms with Gasteiger partial charge in [-0.25, -0.2) is 4.98 Å². The largest absolute Gasteiger partial charge is 0.326 e. The Morgan fingerprint density at radius 3 is 2.50 bits per heavy atom. The van der Waals surface area contributed by atoms with E-state index in [2.05, 4.69) is 10.3 Å². The van der Waals surface area contributed by atoms with Gasteiger partial charge in [0.2, 0.25) is 5.95 Å². The first-order valence-electron chi connectivity index (χ1n) is 4.58. The molecule has 14 heavy (non-hydrogen) atoms. The molecule has 2 aromatic rings. The first kappa shape index (κ1) is 8.81. The van der Waals surface area contributed by atoms with Crippen LogP contribution in [0.3, 0.4) is 0 Å². The highest BCUT2D eigenvalue weighted by Gasteiger charge is 2.00. The van der Waals surface area contributed by atoms with Crippen molar-refractivity contribution in [1.82, 2.24) is 9.55 Å². The van der Waals surface area contributed by atoms with Gasteiger partial charge in [-0.05, 0) is 19.1 Å². The fourth-order valence-corrected chi connectivity index (χ4v) is 1.38. The summed E-state index contributed by atoms with van der Waals surface area (Å²) in [6.07, 6.45) is 1.99. The number of nitrogens with zero attached hydrogens (tertiary/aromatic N) is 2. The monoisotopic (exact) mass is 187 g/mol. The highest BCUT2D eigenvalue weighted by molar-refractivity contribution is 5.53. The van der Waals surface area contributed by atoms with Crippen molar-refractivity contribution in [3.63, 3.8) is 0 Å². The summed E-state index contributed by atoms with van der Waals surface area (Å²) in [5.41, 5.74) is 2.08. The maximum Gasteiger partial charge on any atom is 0.207 e. The summed E-state index contributed by atoms with van der Waals surface area (Å²) in [7, 11) is 1.98. The van der Waals surface area contributed by atoms with Crippen LogP contribution >= 0.6 is 0 Å². The van der Waals surface area contributed by atoms with E-state index in [0.717, 1.165) is 17.3 Å². The molecule has 0 radical (unpaired) electrons. The van der Waals surface area contributed by atoms with Crippen LogP contribution in [0.25, 0.3) is 0 Å². The molecule has 0 aliphatic rings. The minimum atomic E-state index is 0.869. The highest BCUT2D eigenvalue weighted by Crippen LogP contribution is 2.14. The van der Waals surface area contributed by atoms with Crippen molar-refractivity contribution in [3.8, 4) is 0 Å². The van der Waals surface area contributed by atoms with E-state index in [-0.39, 0.29) is 0 Å². The van der Waals surface area contributed by atoms with Gasteiger partial charge in [-0.2, -0.15) is 0 Å². The number of nitrogens with one attached hydrogen (secondary N) is 1. The average molecular weight is 187 g/mol. The molecule has 3 heteroatoms. The Morgan fingerprint density at radius 2 is 1.93 bits per heavy atom. The smallest absolute Gasteiger partial charge is 0.207 e. The van der Waals surface area contributed by atoms with Crippen LogP contribution in [0.4, 0.5) is 11.6 Å². The van der Waals surface area contributed by atoms with E-state index < -0.39 is 0 Å². The zero-order valence-corrected chi connectivity index (χ0v) is 8.36. The maximum absolute atomic E-state index is 4.36. The van der Waals surface area contributed by atoms with Crippen LogP contribution in [0.15, 0.2) is 36.5 Å². The lowest BCUT2D eigenvalue weighted by Gasteiger charge is -2.04. The molecule has 1 aromatic heterocycles. The van der Waals surface area contributed by atoms with Crippen LogP contribution < -0.4 is 5.32 Å². The predicted octanol–water partition coefficient (Wildman–Crippen LogP) is 2.47. The molecule has 0 fully saturated rings. The van der Waals surface area contributed by atoms with E-state index in [4.69, 9.17) is 0 Å². The van der Waals surface area contributed by atoms with E-state index in [1.807, 2.05) is 55.1 Å². The van der Waals surface area contributed by atoms with Crippen LogP contribution in [0.2, 0.25) is 0 Å². The Morgan fingerprint density at radius 1 is 1.21 bits per heavy atom. The van der Waals surface area contributed by atoms with E-state index in [1.54, 1.807) is 0 Å². The number of aromatic nitrogens is 2. The molecule has 1 heterocycles. The molecule has 1 N–H and O–H groups in total. The van der Waals surface area contributed by atoms with E-state index in [9.17, 15) is 0 Å². The summed E-state index contributed by atoms with van der Waals surface area (Å²) in [6, 6.07) is 10.0. The normalized spacial score (nSPS) is 10.1. The first-order valence-corrected chi connectivity index (χ1v) is 4.58. The predicted molar refractivity (Wildman–Crippen MR) is 57.7 cm³/mol. The van der Waals surface area contributed by atoms with Gasteiger partial charge in [0.15, 0.2) is 0 Å². The van der Waals surface area contributed by atoms with Crippen molar-refractivity contribution in [2.24, 2.45) is 7.05 Å². The summed E-state index contributed by atoms with van der Waals surface area (Å²) in [5.74, 6) is 0.869. The molecule has 0 aliphatic heterocycles. The Balaban J connectivity index is 2.23. The lowest BCUT2D eigenvalue weighted by molar-refractivity contribution is 0.924. The van der Waals surface area contributed by atoms with E-state index >= 15 is 0 Å². The van der Waals surface area contributed by atoms with Crippen LogP contribution in [-0.4, -0.2) is 9.55 Å². The molecule has 0 aliphatic carbocycles. The molecule has 1 aromatic carbocycles. The number of aryl methyl sites for hydroxylation is 2. The third-order valence-corrected chi connectivity index (χ3v) is 2.03. The molecular weight excluding hydrogens is 174 g/mol. The zero-order valence-electron chi connectivity index (χ0n) is 8.36. The van der Waals surface area contributed by atoms with Gasteiger partial charge in [0.25, 0.3) is 0 Å². The third kappa shape index (κ3) is 1.76. The molecular formula is C11H13N3. The third-order valence-electron chi connectivity index (χ3n) is 2.03. The van der Waals surface area contributed by atoms with Crippen molar-refractivity contribution in [2.45, 2.75) is 6.92 Å². The van der Waals surface area contributed by atoms with E-state index in [0.29, 0.717) is 0 Å². The van der Waals surface area contributed by atoms with Gasteiger partial charge in [-0.1, -0.05) is 18.2 Å². The topological polar surface area (TPSA) is 29.9 Å². The molecule has 3 nitrogen and oxygen atoms in total. The lowest BCUT2D eigenvalue weighted by Crippen LogP contribution is -1.97. The SMILES string of the molecule is Cc1cn(C)c(Nc2ccccc2)n1. The molecule has 0 unspecified atom stereocenters. The van der Waals surface area contributed by atoms with Gasteiger partial charge in [-0.15, -0.1) is 0 Å². The van der Waals surface area contributed by atoms with Crippen LogP contribution in [-0.2, 0) is 7.05 Å². The number of para-hydroxylation sites is 1. The standard InChI is InChI=1S/C11H13N3/c1-9-8-14(2)11(12-9)13-10-6-4-3-5-7-10/h3-8H,1-2H3,(H,12,13). The molecule has 0 saturated carbocycles. The van der Waals surface area contributed by atoms with Gasteiger partial charge >= 0.3 is 0 Å². The van der Waals surface area contributed by atoms with Gasteiger partial charge < -0.3 is 9.88 Å². The number of rotatable bonds is 2. The number of anilines is 2. The molecule has 0 amide bonds. The second-order valence-electron chi connectivity index (χ2n) is 3.31. The number of imidazole rings is 1. The second kappa shape index (κ2) is 3.54. The Hall–Kier alpha value is -1.77. The minimum absolute atomic E-state index is 0.869. The molecule has 0 bridgehead atoms. The average Bonchev–Trinajstić information content (AvgIpc) is 2.47. The minimum Gasteiger partial charge on any atom is -0.326 e. The first-order chi connectivity index (χ1) is 6.75. The summed E-state index contributed by atoms with van der Waals surface area (Å²) in [4.78, 5) is 4.36. The zero-order chi connectivity index (χ0) is 9.97. The number of hydrogen-bond acceptors (Lipinski definition) is 2.